The van der Waals surface area contributed by atoms with Crippen LogP contribution in [0.25, 0.3) is 0 Å². The van der Waals surface area contributed by atoms with Crippen LogP contribution in [-0.2, 0) is 4.79 Å². The van der Waals surface area contributed by atoms with Crippen molar-refractivity contribution in [3.63, 3.8) is 0 Å². The van der Waals surface area contributed by atoms with E-state index in [9.17, 15) is 14.9 Å². The third kappa shape index (κ3) is 3.11. The van der Waals surface area contributed by atoms with Crippen molar-refractivity contribution in [2.24, 2.45) is 0 Å². The highest BCUT2D eigenvalue weighted by Crippen LogP contribution is 2.39. The van der Waals surface area contributed by atoms with E-state index in [1.165, 1.54) is 12.1 Å². The second kappa shape index (κ2) is 5.79. The summed E-state index contributed by atoms with van der Waals surface area (Å²) < 4.78 is 0. The molecule has 0 aliphatic heterocycles. The van der Waals surface area contributed by atoms with Gasteiger partial charge in [-0.2, -0.15) is 5.26 Å². The lowest BCUT2D eigenvalue weighted by Crippen LogP contribution is -2.37. The molecule has 1 aromatic carbocycles. The molecular formula is C14H15N3O4. The fourth-order valence-corrected chi connectivity index (χ4v) is 2.90. The Morgan fingerprint density at radius 2 is 2.14 bits per heavy atom. The molecule has 7 heteroatoms. The molecule has 7 nitrogen and oxygen atoms in total. The van der Waals surface area contributed by atoms with Crippen molar-refractivity contribution in [3.05, 3.63) is 33.9 Å². The number of nitro groups is 1. The van der Waals surface area contributed by atoms with Gasteiger partial charge in [-0.15, -0.1) is 0 Å². The van der Waals surface area contributed by atoms with Gasteiger partial charge in [-0.1, -0.05) is 18.9 Å². The van der Waals surface area contributed by atoms with Gasteiger partial charge < -0.3 is 10.4 Å². The number of carboxylic acids is 1. The third-order valence-corrected chi connectivity index (χ3v) is 3.79. The van der Waals surface area contributed by atoms with Gasteiger partial charge in [0, 0.05) is 5.54 Å². The largest absolute Gasteiger partial charge is 0.481 e. The molecule has 2 N–H and O–H groups in total. The van der Waals surface area contributed by atoms with Crippen LogP contribution in [0.3, 0.4) is 0 Å². The maximum Gasteiger partial charge on any atom is 0.309 e. The summed E-state index contributed by atoms with van der Waals surface area (Å²) in [5.41, 5.74) is -0.794. The van der Waals surface area contributed by atoms with Crippen LogP contribution in [0.1, 0.15) is 37.7 Å². The van der Waals surface area contributed by atoms with Gasteiger partial charge in [0.1, 0.15) is 17.3 Å². The zero-order valence-electron chi connectivity index (χ0n) is 11.3. The van der Waals surface area contributed by atoms with Crippen LogP contribution in [0.5, 0.6) is 0 Å². The number of nitrogens with one attached hydrogen (secondary N) is 1. The molecule has 0 spiro atoms. The molecule has 0 unspecified atom stereocenters. The highest BCUT2D eigenvalue weighted by Gasteiger charge is 2.37. The van der Waals surface area contributed by atoms with Crippen molar-refractivity contribution in [2.45, 2.75) is 37.6 Å². The summed E-state index contributed by atoms with van der Waals surface area (Å²) in [6, 6.07) is 6.24. The number of carbonyl (C=O) groups is 1. The summed E-state index contributed by atoms with van der Waals surface area (Å²) in [6.45, 7) is 0. The smallest absolute Gasteiger partial charge is 0.309 e. The van der Waals surface area contributed by atoms with Gasteiger partial charge in [0.25, 0.3) is 0 Å². The van der Waals surface area contributed by atoms with Gasteiger partial charge in [-0.05, 0) is 25.0 Å². The first-order valence-corrected chi connectivity index (χ1v) is 6.65. The van der Waals surface area contributed by atoms with Crippen LogP contribution in [0.4, 0.5) is 11.4 Å². The fourth-order valence-electron chi connectivity index (χ4n) is 2.90. The normalized spacial score (nSPS) is 16.1. The van der Waals surface area contributed by atoms with E-state index in [1.54, 1.807) is 12.1 Å². The molecule has 0 aromatic heterocycles. The summed E-state index contributed by atoms with van der Waals surface area (Å²) in [5.74, 6) is -0.941. The van der Waals surface area contributed by atoms with E-state index in [2.05, 4.69) is 5.32 Å². The summed E-state index contributed by atoms with van der Waals surface area (Å²) in [5, 5.41) is 32.3. The number of aliphatic carboxylic acids is 1. The van der Waals surface area contributed by atoms with Crippen LogP contribution in [0, 0.1) is 21.4 Å². The average molecular weight is 289 g/mol. The minimum Gasteiger partial charge on any atom is -0.481 e. The van der Waals surface area contributed by atoms with Crippen molar-refractivity contribution < 1.29 is 14.8 Å². The van der Waals surface area contributed by atoms with Gasteiger partial charge >= 0.3 is 11.7 Å². The molecule has 0 radical (unpaired) electrons. The van der Waals surface area contributed by atoms with Crippen molar-refractivity contribution >= 4 is 17.3 Å². The molecule has 1 aliphatic carbocycles. The Labute approximate surface area is 121 Å². The van der Waals surface area contributed by atoms with Crippen LogP contribution < -0.4 is 5.32 Å². The van der Waals surface area contributed by atoms with Gasteiger partial charge in [-0.3, -0.25) is 14.9 Å². The minimum atomic E-state index is -0.941. The number of rotatable bonds is 5. The maximum absolute atomic E-state index is 11.2. The summed E-state index contributed by atoms with van der Waals surface area (Å²) in [7, 11) is 0. The molecule has 1 aromatic rings. The second-order valence-corrected chi connectivity index (χ2v) is 5.25. The molecule has 110 valence electrons. The average Bonchev–Trinajstić information content (AvgIpc) is 2.85. The molecule has 0 saturated heterocycles. The van der Waals surface area contributed by atoms with E-state index < -0.39 is 16.4 Å². The zero-order chi connectivity index (χ0) is 15.5. The molecule has 1 aliphatic rings. The minimum absolute atomic E-state index is 0.0338. The topological polar surface area (TPSA) is 116 Å². The Hall–Kier alpha value is -2.62. The first-order chi connectivity index (χ1) is 9.97. The molecule has 0 bridgehead atoms. The number of nitrogens with zero attached hydrogens (tertiary/aromatic N) is 2. The Bertz CT molecular complexity index is 615. The Morgan fingerprint density at radius 1 is 1.48 bits per heavy atom. The molecule has 0 atom stereocenters. The van der Waals surface area contributed by atoms with Crippen molar-refractivity contribution in [3.8, 4) is 6.07 Å². The lowest BCUT2D eigenvalue weighted by atomic mass is 9.92. The number of anilines is 1. The zero-order valence-corrected chi connectivity index (χ0v) is 11.3. The van der Waals surface area contributed by atoms with Crippen LogP contribution in [0.15, 0.2) is 18.2 Å². The van der Waals surface area contributed by atoms with E-state index >= 15 is 0 Å². The van der Waals surface area contributed by atoms with Gasteiger partial charge in [0.05, 0.1) is 11.3 Å². The first kappa shape index (κ1) is 14.8. The molecule has 0 amide bonds. The van der Waals surface area contributed by atoms with Gasteiger partial charge in [0.15, 0.2) is 0 Å². The molecular weight excluding hydrogens is 274 g/mol. The Balaban J connectivity index is 2.40. The highest BCUT2D eigenvalue weighted by molar-refractivity contribution is 5.73. The number of nitro benzene ring substituents is 1. The molecule has 21 heavy (non-hydrogen) atoms. The predicted molar refractivity (Wildman–Crippen MR) is 74.9 cm³/mol. The van der Waals surface area contributed by atoms with Gasteiger partial charge in [0.2, 0.25) is 0 Å². The van der Waals surface area contributed by atoms with E-state index in [4.69, 9.17) is 10.4 Å². The third-order valence-electron chi connectivity index (χ3n) is 3.79. The number of hydrogen-bond acceptors (Lipinski definition) is 5. The lowest BCUT2D eigenvalue weighted by molar-refractivity contribution is -0.384. The Kier molecular flexibility index (Phi) is 4.08. The number of carboxylic acid groups (broad SMARTS) is 1. The SMILES string of the molecule is N#Cc1cccc(NC2(CC(=O)O)CCCC2)c1[N+](=O)[O-]. The fraction of sp³-hybridized carbons (Fsp3) is 0.429. The van der Waals surface area contributed by atoms with Crippen molar-refractivity contribution in [1.29, 1.82) is 5.26 Å². The number of benzene rings is 1. The van der Waals surface area contributed by atoms with E-state index in [1.807, 2.05) is 0 Å². The number of hydrogen-bond donors (Lipinski definition) is 2. The number of para-hydroxylation sites is 1. The van der Waals surface area contributed by atoms with E-state index in [-0.39, 0.29) is 23.4 Å². The Morgan fingerprint density at radius 3 is 2.67 bits per heavy atom. The summed E-state index contributed by atoms with van der Waals surface area (Å²) >= 11 is 0. The van der Waals surface area contributed by atoms with E-state index in [0.717, 1.165) is 12.8 Å². The first-order valence-electron chi connectivity index (χ1n) is 6.65. The molecule has 1 fully saturated rings. The van der Waals surface area contributed by atoms with Crippen molar-refractivity contribution in [1.82, 2.24) is 0 Å². The molecule has 0 heterocycles. The molecule has 1 saturated carbocycles. The van der Waals surface area contributed by atoms with Crippen LogP contribution in [0.2, 0.25) is 0 Å². The standard InChI is InChI=1S/C14H15N3O4/c15-9-10-4-3-5-11(13(10)17(20)21)16-14(8-12(18)19)6-1-2-7-14/h3-5,16H,1-2,6-8H2,(H,18,19). The van der Waals surface area contributed by atoms with E-state index in [0.29, 0.717) is 12.8 Å². The maximum atomic E-state index is 11.2. The van der Waals surface area contributed by atoms with Crippen LogP contribution in [-0.4, -0.2) is 21.5 Å². The van der Waals surface area contributed by atoms with Crippen LogP contribution >= 0.6 is 0 Å². The quantitative estimate of drug-likeness (QED) is 0.635. The second-order valence-electron chi connectivity index (χ2n) is 5.25. The highest BCUT2D eigenvalue weighted by atomic mass is 16.6. The summed E-state index contributed by atoms with van der Waals surface area (Å²) in [6.07, 6.45) is 2.96. The molecule has 2 rings (SSSR count). The lowest BCUT2D eigenvalue weighted by Gasteiger charge is -2.29. The summed E-state index contributed by atoms with van der Waals surface area (Å²) in [4.78, 5) is 21.7. The monoisotopic (exact) mass is 289 g/mol. The predicted octanol–water partition coefficient (Wildman–Crippen LogP) is 2.67. The van der Waals surface area contributed by atoms with Gasteiger partial charge in [-0.25, -0.2) is 0 Å². The number of nitriles is 1. The van der Waals surface area contributed by atoms with Crippen molar-refractivity contribution in [2.75, 3.05) is 5.32 Å².